The molecule has 2 atom stereocenters. The van der Waals surface area contributed by atoms with Crippen LogP contribution in [0.25, 0.3) is 10.6 Å². The van der Waals surface area contributed by atoms with Gasteiger partial charge in [-0.25, -0.2) is 4.98 Å². The number of carboxylic acid groups (broad SMARTS) is 1. The smallest absolute Gasteiger partial charge is 0.321 e. The molecule has 3 rings (SSSR count). The van der Waals surface area contributed by atoms with Gasteiger partial charge in [-0.05, 0) is 19.2 Å². The Labute approximate surface area is 135 Å². The number of anilines is 1. The molecule has 6 nitrogen and oxygen atoms in total. The molecule has 2 heterocycles. The summed E-state index contributed by atoms with van der Waals surface area (Å²) in [6, 6.07) is 4.45. The number of nitrogens with zero attached hydrogens (tertiary/aromatic N) is 2. The van der Waals surface area contributed by atoms with Gasteiger partial charge in [0.05, 0.1) is 11.3 Å². The fourth-order valence-corrected chi connectivity index (χ4v) is 4.75. The number of aromatic nitrogens is 1. The molecule has 1 aromatic heterocycles. The lowest BCUT2D eigenvalue weighted by Gasteiger charge is -2.20. The zero-order valence-corrected chi connectivity index (χ0v) is 13.4. The lowest BCUT2D eigenvalue weighted by Crippen LogP contribution is -2.35. The Morgan fingerprint density at radius 1 is 1.50 bits per heavy atom. The maximum atomic E-state index is 11.2. The van der Waals surface area contributed by atoms with E-state index >= 15 is 0 Å². The highest BCUT2D eigenvalue weighted by Gasteiger charge is 2.37. The van der Waals surface area contributed by atoms with E-state index in [0.717, 1.165) is 5.69 Å². The lowest BCUT2D eigenvalue weighted by atomic mass is 10.2. The maximum absolute atomic E-state index is 11.2. The van der Waals surface area contributed by atoms with Gasteiger partial charge in [0, 0.05) is 22.9 Å². The van der Waals surface area contributed by atoms with E-state index in [1.807, 2.05) is 10.3 Å². The summed E-state index contributed by atoms with van der Waals surface area (Å²) in [4.78, 5) is 17.5. The molecule has 1 aromatic carbocycles. The molecule has 116 valence electrons. The van der Waals surface area contributed by atoms with E-state index in [4.69, 9.17) is 5.73 Å². The Balaban J connectivity index is 1.87. The van der Waals surface area contributed by atoms with Crippen molar-refractivity contribution >= 4 is 34.8 Å². The van der Waals surface area contributed by atoms with E-state index < -0.39 is 12.0 Å². The van der Waals surface area contributed by atoms with Crippen molar-refractivity contribution in [3.05, 3.63) is 29.3 Å². The van der Waals surface area contributed by atoms with Crippen LogP contribution in [0.1, 0.15) is 11.1 Å². The Morgan fingerprint density at radius 3 is 2.91 bits per heavy atom. The minimum atomic E-state index is -0.816. The van der Waals surface area contributed by atoms with Crippen LogP contribution in [0.4, 0.5) is 5.69 Å². The van der Waals surface area contributed by atoms with Crippen molar-refractivity contribution in [1.82, 2.24) is 9.88 Å². The van der Waals surface area contributed by atoms with Crippen LogP contribution in [0, 0.1) is 0 Å². The van der Waals surface area contributed by atoms with E-state index in [0.29, 0.717) is 22.0 Å². The number of likely N-dealkylation sites (N-methyl/N-ethyl adjacent to an activating group) is 1. The molecule has 0 saturated carbocycles. The van der Waals surface area contributed by atoms with Gasteiger partial charge in [-0.15, -0.1) is 23.1 Å². The van der Waals surface area contributed by atoms with E-state index in [-0.39, 0.29) is 11.1 Å². The van der Waals surface area contributed by atoms with Gasteiger partial charge in [-0.1, -0.05) is 0 Å². The fraction of sp³-hybridized carbons (Fsp3) is 0.286. The molecule has 1 aliphatic rings. The summed E-state index contributed by atoms with van der Waals surface area (Å²) in [5.74, 6) is -0.183. The number of hydrogen-bond acceptors (Lipinski definition) is 7. The van der Waals surface area contributed by atoms with Gasteiger partial charge in [0.15, 0.2) is 0 Å². The predicted octanol–water partition coefficient (Wildman–Crippen LogP) is 2.23. The number of nitrogen functional groups attached to an aromatic ring is 1. The van der Waals surface area contributed by atoms with Gasteiger partial charge in [0.2, 0.25) is 0 Å². The van der Waals surface area contributed by atoms with Crippen molar-refractivity contribution in [1.29, 1.82) is 0 Å². The number of aromatic hydroxyl groups is 1. The molecule has 2 aromatic rings. The topological polar surface area (TPSA) is 99.7 Å². The first-order valence-electron chi connectivity index (χ1n) is 6.58. The van der Waals surface area contributed by atoms with Gasteiger partial charge in [-0.2, -0.15) is 0 Å². The number of rotatable bonds is 3. The number of carboxylic acids is 1. The minimum Gasteiger partial charge on any atom is -0.507 e. The van der Waals surface area contributed by atoms with Crippen molar-refractivity contribution in [2.24, 2.45) is 0 Å². The maximum Gasteiger partial charge on any atom is 0.321 e. The van der Waals surface area contributed by atoms with Crippen LogP contribution < -0.4 is 5.73 Å². The first-order chi connectivity index (χ1) is 10.5. The van der Waals surface area contributed by atoms with Crippen LogP contribution in [0.3, 0.4) is 0 Å². The second-order valence-corrected chi connectivity index (χ2v) is 7.03. The molecule has 1 fully saturated rings. The number of phenolic OH excluding ortho intramolecular Hbond substituents is 1. The summed E-state index contributed by atoms with van der Waals surface area (Å²) in [6.45, 7) is 0. The van der Waals surface area contributed by atoms with Crippen LogP contribution in [0.5, 0.6) is 5.75 Å². The standard InChI is InChI=1S/C14H15N3O3S2/c1-17-10(14(19)20)6-22-13(17)9-5-21-12(16-9)8-3-2-7(15)4-11(8)18/h2-5,10,13,18H,6,15H2,1H3,(H,19,20)/t10-,13?/m0/s1. The van der Waals surface area contributed by atoms with Gasteiger partial charge >= 0.3 is 5.97 Å². The zero-order valence-electron chi connectivity index (χ0n) is 11.8. The molecule has 1 unspecified atom stereocenters. The lowest BCUT2D eigenvalue weighted by molar-refractivity contribution is -0.141. The molecule has 1 aliphatic heterocycles. The Hall–Kier alpha value is -1.77. The average molecular weight is 337 g/mol. The largest absolute Gasteiger partial charge is 0.507 e. The van der Waals surface area contributed by atoms with Crippen LogP contribution in [-0.4, -0.2) is 44.9 Å². The van der Waals surface area contributed by atoms with Crippen LogP contribution in [0.2, 0.25) is 0 Å². The number of thiazole rings is 1. The molecule has 0 amide bonds. The van der Waals surface area contributed by atoms with Crippen LogP contribution in [0.15, 0.2) is 23.6 Å². The van der Waals surface area contributed by atoms with Crippen molar-refractivity contribution in [2.75, 3.05) is 18.5 Å². The van der Waals surface area contributed by atoms with Gasteiger partial charge in [0.1, 0.15) is 22.2 Å². The van der Waals surface area contributed by atoms with Crippen molar-refractivity contribution < 1.29 is 15.0 Å². The van der Waals surface area contributed by atoms with Gasteiger partial charge in [0.25, 0.3) is 0 Å². The summed E-state index contributed by atoms with van der Waals surface area (Å²) >= 11 is 2.98. The fourth-order valence-electron chi connectivity index (χ4n) is 2.37. The number of nitrogens with two attached hydrogens (primary N) is 1. The number of aliphatic carboxylic acids is 1. The summed E-state index contributed by atoms with van der Waals surface area (Å²) in [6.07, 6.45) is 0. The molecule has 22 heavy (non-hydrogen) atoms. The Morgan fingerprint density at radius 2 is 2.27 bits per heavy atom. The number of hydrogen-bond donors (Lipinski definition) is 3. The van der Waals surface area contributed by atoms with E-state index in [2.05, 4.69) is 4.98 Å². The molecule has 0 bridgehead atoms. The SMILES string of the molecule is CN1C(c2csc(-c3ccc(N)cc3O)n2)SC[C@H]1C(=O)O. The number of thioether (sulfide) groups is 1. The highest BCUT2D eigenvalue weighted by molar-refractivity contribution is 7.99. The van der Waals surface area contributed by atoms with Crippen LogP contribution >= 0.6 is 23.1 Å². The third-order valence-corrected chi connectivity index (χ3v) is 5.88. The third-order valence-electron chi connectivity index (χ3n) is 3.59. The molecule has 4 N–H and O–H groups in total. The van der Waals surface area contributed by atoms with Crippen molar-refractivity contribution in [2.45, 2.75) is 11.4 Å². The van der Waals surface area contributed by atoms with E-state index in [1.54, 1.807) is 30.9 Å². The third kappa shape index (κ3) is 2.65. The quantitative estimate of drug-likeness (QED) is 0.739. The predicted molar refractivity (Wildman–Crippen MR) is 88.0 cm³/mol. The average Bonchev–Trinajstić information content (AvgIpc) is 3.05. The van der Waals surface area contributed by atoms with E-state index in [1.165, 1.54) is 17.4 Å². The summed E-state index contributed by atoms with van der Waals surface area (Å²) in [5.41, 5.74) is 7.57. The molecular formula is C14H15N3O3S2. The first-order valence-corrected chi connectivity index (χ1v) is 8.51. The van der Waals surface area contributed by atoms with E-state index in [9.17, 15) is 15.0 Å². The second kappa shape index (κ2) is 5.79. The second-order valence-electron chi connectivity index (χ2n) is 5.06. The van der Waals surface area contributed by atoms with Gasteiger partial charge < -0.3 is 15.9 Å². The zero-order chi connectivity index (χ0) is 15.9. The number of benzene rings is 1. The Bertz CT molecular complexity index is 719. The normalized spacial score (nSPS) is 22.0. The molecular weight excluding hydrogens is 322 g/mol. The summed E-state index contributed by atoms with van der Waals surface area (Å²) < 4.78 is 0. The molecule has 8 heteroatoms. The highest BCUT2D eigenvalue weighted by atomic mass is 32.2. The molecule has 0 spiro atoms. The highest BCUT2D eigenvalue weighted by Crippen LogP contribution is 2.42. The minimum absolute atomic E-state index is 0.0815. The monoisotopic (exact) mass is 337 g/mol. The molecule has 0 aliphatic carbocycles. The summed E-state index contributed by atoms with van der Waals surface area (Å²) in [7, 11) is 1.79. The first kappa shape index (κ1) is 15.1. The number of phenols is 1. The number of carbonyl (C=O) groups is 1. The van der Waals surface area contributed by atoms with Crippen LogP contribution in [-0.2, 0) is 4.79 Å². The Kier molecular flexibility index (Phi) is 3.98. The van der Waals surface area contributed by atoms with Crippen molar-refractivity contribution in [3.63, 3.8) is 0 Å². The molecule has 0 radical (unpaired) electrons. The summed E-state index contributed by atoms with van der Waals surface area (Å²) in [5, 5.41) is 21.7. The van der Waals surface area contributed by atoms with Gasteiger partial charge in [-0.3, -0.25) is 9.69 Å². The molecule has 1 saturated heterocycles. The van der Waals surface area contributed by atoms with Crippen molar-refractivity contribution in [3.8, 4) is 16.3 Å².